The molecule has 0 spiro atoms. The summed E-state index contributed by atoms with van der Waals surface area (Å²) in [5, 5.41) is 10.7. The van der Waals surface area contributed by atoms with Crippen LogP contribution in [0, 0.1) is 11.8 Å². The second-order valence-electron chi connectivity index (χ2n) is 7.03. The van der Waals surface area contributed by atoms with E-state index in [2.05, 4.69) is 16.7 Å². The van der Waals surface area contributed by atoms with Crippen LogP contribution in [0.1, 0.15) is 27.7 Å². The van der Waals surface area contributed by atoms with Crippen molar-refractivity contribution in [1.29, 1.82) is 0 Å². The Morgan fingerprint density at radius 1 is 1.24 bits per heavy atom. The number of piperazine rings is 1. The van der Waals surface area contributed by atoms with Crippen molar-refractivity contribution >= 4 is 5.91 Å². The fourth-order valence-electron chi connectivity index (χ4n) is 3.51. The smallest absolute Gasteiger partial charge is 0.236 e. The fourth-order valence-corrected chi connectivity index (χ4v) is 3.51. The summed E-state index contributed by atoms with van der Waals surface area (Å²) < 4.78 is 0. The van der Waals surface area contributed by atoms with Crippen LogP contribution >= 0.6 is 0 Å². The number of hydrogen-bond donors (Lipinski definition) is 1. The fraction of sp³-hybridized carbons (Fsp3) is 0.938. The first kappa shape index (κ1) is 16.7. The minimum atomic E-state index is -0.726. The van der Waals surface area contributed by atoms with Crippen LogP contribution in [-0.4, -0.2) is 83.7 Å². The second kappa shape index (κ2) is 6.63. The summed E-state index contributed by atoms with van der Waals surface area (Å²) in [6.07, 6.45) is 0. The number of β-amino-alcohol motifs (C(OH)–C–C–N with tert-alkyl or cyclic N) is 1. The maximum absolute atomic E-state index is 12.5. The van der Waals surface area contributed by atoms with Crippen molar-refractivity contribution in [3.8, 4) is 0 Å². The topological polar surface area (TPSA) is 47.0 Å². The van der Waals surface area contributed by atoms with Crippen molar-refractivity contribution in [3.63, 3.8) is 0 Å². The number of carbonyl (C=O) groups excluding carboxylic acids is 1. The molecule has 0 unspecified atom stereocenters. The number of amides is 1. The van der Waals surface area contributed by atoms with Crippen molar-refractivity contribution in [1.82, 2.24) is 14.7 Å². The Morgan fingerprint density at radius 2 is 1.81 bits per heavy atom. The number of likely N-dealkylation sites (N-methyl/N-ethyl adjacent to an activating group) is 1. The molecule has 0 radical (unpaired) electrons. The first-order valence-electron chi connectivity index (χ1n) is 8.31. The van der Waals surface area contributed by atoms with Gasteiger partial charge in [0.05, 0.1) is 12.1 Å². The molecule has 2 aliphatic heterocycles. The first-order chi connectivity index (χ1) is 9.86. The summed E-state index contributed by atoms with van der Waals surface area (Å²) in [6.45, 7) is 15.1. The molecular formula is C16H31N3O2. The van der Waals surface area contributed by atoms with E-state index in [1.165, 1.54) is 0 Å². The molecule has 0 bridgehead atoms. The lowest BCUT2D eigenvalue weighted by Gasteiger charge is -2.34. The monoisotopic (exact) mass is 297 g/mol. The Morgan fingerprint density at radius 3 is 2.29 bits per heavy atom. The lowest BCUT2D eigenvalue weighted by molar-refractivity contribution is -0.133. The van der Waals surface area contributed by atoms with Crippen LogP contribution in [0.4, 0.5) is 0 Å². The highest BCUT2D eigenvalue weighted by atomic mass is 16.3. The summed E-state index contributed by atoms with van der Waals surface area (Å²) in [6, 6.07) is 0. The molecular weight excluding hydrogens is 266 g/mol. The van der Waals surface area contributed by atoms with Gasteiger partial charge in [-0.2, -0.15) is 0 Å². The van der Waals surface area contributed by atoms with Crippen LogP contribution < -0.4 is 0 Å². The molecule has 2 aliphatic rings. The lowest BCUT2D eigenvalue weighted by Crippen LogP contribution is -2.50. The Kier molecular flexibility index (Phi) is 5.28. The third-order valence-electron chi connectivity index (χ3n) is 5.42. The van der Waals surface area contributed by atoms with Crippen molar-refractivity contribution < 1.29 is 9.90 Å². The molecule has 21 heavy (non-hydrogen) atoms. The quantitative estimate of drug-likeness (QED) is 0.820. The first-order valence-corrected chi connectivity index (χ1v) is 8.31. The molecule has 0 aromatic heterocycles. The van der Waals surface area contributed by atoms with Crippen LogP contribution in [0.5, 0.6) is 0 Å². The van der Waals surface area contributed by atoms with E-state index in [1.54, 1.807) is 0 Å². The molecule has 0 saturated carbocycles. The molecule has 2 rings (SSSR count). The van der Waals surface area contributed by atoms with Gasteiger partial charge in [0.1, 0.15) is 0 Å². The molecule has 2 fully saturated rings. The average Bonchev–Trinajstić information content (AvgIpc) is 2.77. The van der Waals surface area contributed by atoms with E-state index in [-0.39, 0.29) is 17.7 Å². The van der Waals surface area contributed by atoms with E-state index in [0.717, 1.165) is 32.7 Å². The van der Waals surface area contributed by atoms with Gasteiger partial charge in [-0.3, -0.25) is 9.69 Å². The standard InChI is InChI=1S/C16H31N3O2/c1-5-17-6-8-18(9-7-17)11-15(20)19-10-14(4)16(21,12-19)13(2)3/h13-14,21H,5-12H2,1-4H3/t14-,16-/m1/s1. The predicted molar refractivity (Wildman–Crippen MR) is 84.1 cm³/mol. The van der Waals surface area contributed by atoms with Gasteiger partial charge < -0.3 is 14.9 Å². The van der Waals surface area contributed by atoms with Gasteiger partial charge in [0.15, 0.2) is 0 Å². The maximum Gasteiger partial charge on any atom is 0.236 e. The second-order valence-corrected chi connectivity index (χ2v) is 7.03. The summed E-state index contributed by atoms with van der Waals surface area (Å²) in [7, 11) is 0. The van der Waals surface area contributed by atoms with Crippen molar-refractivity contribution in [2.75, 3.05) is 52.4 Å². The molecule has 0 aromatic rings. The molecule has 5 nitrogen and oxygen atoms in total. The third kappa shape index (κ3) is 3.58. The van der Waals surface area contributed by atoms with Gasteiger partial charge in [-0.25, -0.2) is 0 Å². The van der Waals surface area contributed by atoms with Gasteiger partial charge in [-0.05, 0) is 12.5 Å². The molecule has 2 heterocycles. The number of nitrogens with zero attached hydrogens (tertiary/aromatic N) is 3. The Balaban J connectivity index is 1.85. The normalized spacial score (nSPS) is 32.1. The molecule has 1 amide bonds. The van der Waals surface area contributed by atoms with Gasteiger partial charge in [0.2, 0.25) is 5.91 Å². The Hall–Kier alpha value is -0.650. The molecule has 1 N–H and O–H groups in total. The van der Waals surface area contributed by atoms with E-state index < -0.39 is 5.60 Å². The van der Waals surface area contributed by atoms with Gasteiger partial charge >= 0.3 is 0 Å². The van der Waals surface area contributed by atoms with E-state index in [9.17, 15) is 9.90 Å². The zero-order valence-electron chi connectivity index (χ0n) is 14.0. The van der Waals surface area contributed by atoms with E-state index in [1.807, 2.05) is 25.7 Å². The number of hydrogen-bond acceptors (Lipinski definition) is 4. The van der Waals surface area contributed by atoms with Gasteiger partial charge in [-0.1, -0.05) is 27.7 Å². The highest BCUT2D eigenvalue weighted by Crippen LogP contribution is 2.33. The molecule has 2 atom stereocenters. The Labute approximate surface area is 128 Å². The molecule has 5 heteroatoms. The highest BCUT2D eigenvalue weighted by molar-refractivity contribution is 5.78. The van der Waals surface area contributed by atoms with Crippen molar-refractivity contribution in [3.05, 3.63) is 0 Å². The minimum absolute atomic E-state index is 0.151. The van der Waals surface area contributed by atoms with E-state index in [0.29, 0.717) is 19.6 Å². The highest BCUT2D eigenvalue weighted by Gasteiger charge is 2.46. The van der Waals surface area contributed by atoms with Crippen LogP contribution in [0.25, 0.3) is 0 Å². The molecule has 122 valence electrons. The number of likely N-dealkylation sites (tertiary alicyclic amines) is 1. The predicted octanol–water partition coefficient (Wildman–Crippen LogP) is 0.489. The zero-order valence-corrected chi connectivity index (χ0v) is 14.0. The average molecular weight is 297 g/mol. The number of aliphatic hydroxyl groups is 1. The largest absolute Gasteiger partial charge is 0.387 e. The molecule has 0 aromatic carbocycles. The summed E-state index contributed by atoms with van der Waals surface area (Å²) in [5.74, 6) is 0.500. The summed E-state index contributed by atoms with van der Waals surface area (Å²) in [4.78, 5) is 19.0. The number of rotatable bonds is 4. The lowest BCUT2D eigenvalue weighted by atomic mass is 9.82. The maximum atomic E-state index is 12.5. The minimum Gasteiger partial charge on any atom is -0.387 e. The molecule has 0 aliphatic carbocycles. The summed E-state index contributed by atoms with van der Waals surface area (Å²) in [5.41, 5.74) is -0.726. The Bertz CT molecular complexity index is 367. The van der Waals surface area contributed by atoms with Crippen LogP contribution in [0.3, 0.4) is 0 Å². The van der Waals surface area contributed by atoms with Crippen LogP contribution in [0.15, 0.2) is 0 Å². The SMILES string of the molecule is CCN1CCN(CC(=O)N2C[C@@H](C)[C@](O)(C(C)C)C2)CC1. The number of carbonyl (C=O) groups is 1. The van der Waals surface area contributed by atoms with Crippen LogP contribution in [-0.2, 0) is 4.79 Å². The van der Waals surface area contributed by atoms with Gasteiger partial charge in [0, 0.05) is 45.2 Å². The van der Waals surface area contributed by atoms with Crippen molar-refractivity contribution in [2.24, 2.45) is 11.8 Å². The van der Waals surface area contributed by atoms with Crippen LogP contribution in [0.2, 0.25) is 0 Å². The van der Waals surface area contributed by atoms with Gasteiger partial charge in [0.25, 0.3) is 0 Å². The molecule has 2 saturated heterocycles. The third-order valence-corrected chi connectivity index (χ3v) is 5.42. The van der Waals surface area contributed by atoms with E-state index >= 15 is 0 Å². The van der Waals surface area contributed by atoms with Crippen molar-refractivity contribution in [2.45, 2.75) is 33.3 Å². The zero-order chi connectivity index (χ0) is 15.6. The summed E-state index contributed by atoms with van der Waals surface area (Å²) >= 11 is 0. The van der Waals surface area contributed by atoms with E-state index in [4.69, 9.17) is 0 Å². The van der Waals surface area contributed by atoms with Gasteiger partial charge in [-0.15, -0.1) is 0 Å².